The molecule has 0 saturated carbocycles. The monoisotopic (exact) mass is 677 g/mol. The van der Waals surface area contributed by atoms with Crippen LogP contribution in [-0.4, -0.2) is 15.0 Å². The lowest BCUT2D eigenvalue weighted by molar-refractivity contribution is 0.669. The number of fused-ring (bicyclic) bond motifs is 4. The Morgan fingerprint density at radius 2 is 0.792 bits per heavy atom. The predicted molar refractivity (Wildman–Crippen MR) is 217 cm³/mol. The molecule has 0 aliphatic rings. The van der Waals surface area contributed by atoms with Gasteiger partial charge in [0, 0.05) is 27.5 Å². The van der Waals surface area contributed by atoms with Gasteiger partial charge in [-0.25, -0.2) is 15.0 Å². The molecule has 0 unspecified atom stereocenters. The third kappa shape index (κ3) is 5.73. The van der Waals surface area contributed by atoms with Crippen molar-refractivity contribution >= 4 is 32.7 Å². The van der Waals surface area contributed by atoms with E-state index in [4.69, 9.17) is 19.4 Å². The van der Waals surface area contributed by atoms with Crippen molar-refractivity contribution in [2.75, 3.05) is 0 Å². The number of furan rings is 1. The summed E-state index contributed by atoms with van der Waals surface area (Å²) in [5.41, 5.74) is 11.1. The molecule has 0 N–H and O–H groups in total. The van der Waals surface area contributed by atoms with Gasteiger partial charge in [0.2, 0.25) is 0 Å². The number of nitrogens with zero attached hydrogens (tertiary/aromatic N) is 3. The van der Waals surface area contributed by atoms with Crippen molar-refractivity contribution in [1.29, 1.82) is 0 Å². The molecule has 2 aromatic heterocycles. The van der Waals surface area contributed by atoms with Crippen LogP contribution >= 0.6 is 0 Å². The first-order valence-corrected chi connectivity index (χ1v) is 17.8. The van der Waals surface area contributed by atoms with E-state index in [0.29, 0.717) is 17.5 Å². The highest BCUT2D eigenvalue weighted by Gasteiger charge is 2.17. The zero-order valence-electron chi connectivity index (χ0n) is 28.6. The van der Waals surface area contributed by atoms with Crippen LogP contribution in [0.1, 0.15) is 0 Å². The number of rotatable bonds is 6. The maximum atomic E-state index is 6.28. The second-order valence-corrected chi connectivity index (χ2v) is 13.2. The Balaban J connectivity index is 1.09. The minimum Gasteiger partial charge on any atom is -0.456 e. The summed E-state index contributed by atoms with van der Waals surface area (Å²) in [5.74, 6) is 1.84. The quantitative estimate of drug-likeness (QED) is 0.176. The van der Waals surface area contributed by atoms with Crippen molar-refractivity contribution in [3.8, 4) is 67.5 Å². The Hall–Kier alpha value is -7.17. The summed E-state index contributed by atoms with van der Waals surface area (Å²) < 4.78 is 6.28. The molecule has 53 heavy (non-hydrogen) atoms. The highest BCUT2D eigenvalue weighted by Crippen LogP contribution is 2.37. The van der Waals surface area contributed by atoms with E-state index in [1.54, 1.807) is 0 Å². The third-order valence-electron chi connectivity index (χ3n) is 9.97. The molecule has 0 radical (unpaired) electrons. The molecule has 0 saturated heterocycles. The van der Waals surface area contributed by atoms with Gasteiger partial charge >= 0.3 is 0 Å². The van der Waals surface area contributed by atoms with Gasteiger partial charge in [0.25, 0.3) is 0 Å². The molecule has 0 atom stereocenters. The van der Waals surface area contributed by atoms with Crippen LogP contribution in [0.4, 0.5) is 0 Å². The van der Waals surface area contributed by atoms with E-state index in [1.165, 1.54) is 16.3 Å². The highest BCUT2D eigenvalue weighted by atomic mass is 16.3. The van der Waals surface area contributed by atoms with Crippen LogP contribution in [-0.2, 0) is 0 Å². The molecule has 0 aliphatic heterocycles. The smallest absolute Gasteiger partial charge is 0.164 e. The Labute approximate surface area is 306 Å². The summed E-state index contributed by atoms with van der Waals surface area (Å²) >= 11 is 0. The van der Waals surface area contributed by atoms with Crippen LogP contribution in [0.25, 0.3) is 100 Å². The first-order valence-electron chi connectivity index (χ1n) is 17.8. The topological polar surface area (TPSA) is 51.8 Å². The molecule has 248 valence electrons. The van der Waals surface area contributed by atoms with Crippen molar-refractivity contribution in [3.63, 3.8) is 0 Å². The maximum absolute atomic E-state index is 6.28. The van der Waals surface area contributed by atoms with Gasteiger partial charge in [-0.05, 0) is 68.4 Å². The van der Waals surface area contributed by atoms with E-state index in [2.05, 4.69) is 158 Å². The minimum absolute atomic E-state index is 0.607. The van der Waals surface area contributed by atoms with E-state index in [9.17, 15) is 0 Å². The van der Waals surface area contributed by atoms with Gasteiger partial charge in [0.05, 0.1) is 0 Å². The van der Waals surface area contributed by atoms with Crippen LogP contribution in [0.15, 0.2) is 192 Å². The average Bonchev–Trinajstić information content (AvgIpc) is 3.62. The SMILES string of the molecule is c1ccc(-c2ccc(-c3nc(-c4ccc(-c5ccc6ccccc6c5)cc4)nc(-c4ccccc4-c4ccc5c(c4)oc4ccccc45)n3)cc2)cc1. The molecule has 0 bridgehead atoms. The van der Waals surface area contributed by atoms with Crippen molar-refractivity contribution in [2.24, 2.45) is 0 Å². The summed E-state index contributed by atoms with van der Waals surface area (Å²) in [6, 6.07) is 65.2. The Morgan fingerprint density at radius 3 is 1.55 bits per heavy atom. The normalized spacial score (nSPS) is 11.4. The standard InChI is InChI=1S/C49H31N3O/c1-2-10-32(11-3-1)34-18-23-36(24-19-34)47-50-48(37-25-20-35(21-26-37)39-27-22-33-12-4-5-13-38(33)30-39)52-49(51-47)44-16-7-6-14-41(44)40-28-29-43-42-15-8-9-17-45(42)53-46(43)31-40/h1-31H. The fraction of sp³-hybridized carbons (Fsp3) is 0. The number of para-hydroxylation sites is 1. The highest BCUT2D eigenvalue weighted by molar-refractivity contribution is 6.06. The molecule has 10 rings (SSSR count). The van der Waals surface area contributed by atoms with E-state index in [-0.39, 0.29) is 0 Å². The van der Waals surface area contributed by atoms with Crippen molar-refractivity contribution in [2.45, 2.75) is 0 Å². The van der Waals surface area contributed by atoms with E-state index in [1.807, 2.05) is 30.3 Å². The Kier molecular flexibility index (Phi) is 7.43. The summed E-state index contributed by atoms with van der Waals surface area (Å²) in [6.45, 7) is 0. The number of hydrogen-bond donors (Lipinski definition) is 0. The van der Waals surface area contributed by atoms with E-state index in [0.717, 1.165) is 66.4 Å². The van der Waals surface area contributed by atoms with Gasteiger partial charge in [-0.15, -0.1) is 0 Å². The number of benzene rings is 8. The third-order valence-corrected chi connectivity index (χ3v) is 9.97. The van der Waals surface area contributed by atoms with Crippen molar-refractivity contribution in [3.05, 3.63) is 188 Å². The molecule has 10 aromatic rings. The van der Waals surface area contributed by atoms with Crippen molar-refractivity contribution in [1.82, 2.24) is 15.0 Å². The first-order chi connectivity index (χ1) is 26.2. The van der Waals surface area contributed by atoms with Gasteiger partial charge < -0.3 is 4.42 Å². The Bertz CT molecular complexity index is 2930. The van der Waals surface area contributed by atoms with Gasteiger partial charge in [-0.2, -0.15) is 0 Å². The lowest BCUT2D eigenvalue weighted by Crippen LogP contribution is -2.01. The Morgan fingerprint density at radius 1 is 0.283 bits per heavy atom. The second-order valence-electron chi connectivity index (χ2n) is 13.2. The van der Waals surface area contributed by atoms with Gasteiger partial charge in [0.15, 0.2) is 17.5 Å². The zero-order chi connectivity index (χ0) is 35.1. The maximum Gasteiger partial charge on any atom is 0.164 e. The lowest BCUT2D eigenvalue weighted by atomic mass is 9.97. The summed E-state index contributed by atoms with van der Waals surface area (Å²) in [6.07, 6.45) is 0. The van der Waals surface area contributed by atoms with Gasteiger partial charge in [-0.1, -0.05) is 164 Å². The molecular formula is C49H31N3O. The van der Waals surface area contributed by atoms with E-state index < -0.39 is 0 Å². The van der Waals surface area contributed by atoms with Crippen LogP contribution in [0.5, 0.6) is 0 Å². The molecular weight excluding hydrogens is 647 g/mol. The van der Waals surface area contributed by atoms with Crippen LogP contribution < -0.4 is 0 Å². The van der Waals surface area contributed by atoms with E-state index >= 15 is 0 Å². The number of aromatic nitrogens is 3. The fourth-order valence-corrected chi connectivity index (χ4v) is 7.20. The largest absolute Gasteiger partial charge is 0.456 e. The molecule has 4 nitrogen and oxygen atoms in total. The summed E-state index contributed by atoms with van der Waals surface area (Å²) in [4.78, 5) is 15.4. The fourth-order valence-electron chi connectivity index (χ4n) is 7.20. The molecule has 0 fully saturated rings. The average molecular weight is 678 g/mol. The van der Waals surface area contributed by atoms with Gasteiger partial charge in [0.1, 0.15) is 11.2 Å². The summed E-state index contributed by atoms with van der Waals surface area (Å²) in [7, 11) is 0. The molecule has 0 aliphatic carbocycles. The van der Waals surface area contributed by atoms with Gasteiger partial charge in [-0.3, -0.25) is 0 Å². The zero-order valence-corrected chi connectivity index (χ0v) is 28.6. The number of hydrogen-bond acceptors (Lipinski definition) is 4. The first kappa shape index (κ1) is 30.6. The molecule has 4 heteroatoms. The summed E-state index contributed by atoms with van der Waals surface area (Å²) in [5, 5.41) is 4.65. The molecule has 0 spiro atoms. The van der Waals surface area contributed by atoms with Crippen LogP contribution in [0.3, 0.4) is 0 Å². The predicted octanol–water partition coefficient (Wildman–Crippen LogP) is 12.9. The molecule has 8 aromatic carbocycles. The second kappa shape index (κ2) is 12.9. The minimum atomic E-state index is 0.607. The van der Waals surface area contributed by atoms with Crippen LogP contribution in [0.2, 0.25) is 0 Å². The molecule has 2 heterocycles. The van der Waals surface area contributed by atoms with Crippen LogP contribution in [0, 0.1) is 0 Å². The van der Waals surface area contributed by atoms with Crippen molar-refractivity contribution < 1.29 is 4.42 Å². The lowest BCUT2D eigenvalue weighted by Gasteiger charge is -2.13. The molecule has 0 amide bonds.